The Balaban J connectivity index is 1.83. The van der Waals surface area contributed by atoms with Crippen LogP contribution >= 0.6 is 11.3 Å². The lowest BCUT2D eigenvalue weighted by molar-refractivity contribution is -0.115. The van der Waals surface area contributed by atoms with Crippen LogP contribution in [0.1, 0.15) is 0 Å². The van der Waals surface area contributed by atoms with Crippen molar-refractivity contribution in [2.45, 2.75) is 0 Å². The number of nitrogens with zero attached hydrogens (tertiary/aromatic N) is 2. The Bertz CT molecular complexity index is 1020. The first kappa shape index (κ1) is 16.7. The molecule has 0 aliphatic rings. The van der Waals surface area contributed by atoms with E-state index in [1.54, 1.807) is 23.1 Å². The maximum atomic E-state index is 11.8. The highest BCUT2D eigenvalue weighted by Gasteiger charge is 2.10. The van der Waals surface area contributed by atoms with Crippen LogP contribution in [0.2, 0.25) is 0 Å². The molecule has 0 aliphatic heterocycles. The second kappa shape index (κ2) is 6.73. The van der Waals surface area contributed by atoms with Gasteiger partial charge in [0.05, 0.1) is 11.2 Å². The van der Waals surface area contributed by atoms with Crippen molar-refractivity contribution in [2.24, 2.45) is 7.05 Å². The summed E-state index contributed by atoms with van der Waals surface area (Å²) in [5, 5.41) is 16.1. The van der Waals surface area contributed by atoms with Gasteiger partial charge in [-0.15, -0.1) is 11.3 Å². The molecular formula is C16H14N4O4S. The third kappa shape index (κ3) is 3.66. The molecule has 0 spiro atoms. The Labute approximate surface area is 145 Å². The number of hydrogen-bond acceptors (Lipinski definition) is 5. The lowest BCUT2D eigenvalue weighted by Gasteiger charge is -2.06. The molecule has 0 saturated heterocycles. The van der Waals surface area contributed by atoms with Gasteiger partial charge in [-0.3, -0.25) is 9.59 Å². The van der Waals surface area contributed by atoms with E-state index in [0.29, 0.717) is 10.8 Å². The highest BCUT2D eigenvalue weighted by Crippen LogP contribution is 2.27. The van der Waals surface area contributed by atoms with E-state index in [-0.39, 0.29) is 12.1 Å². The summed E-state index contributed by atoms with van der Waals surface area (Å²) in [6.07, 6.45) is -1.27. The molecule has 0 saturated carbocycles. The van der Waals surface area contributed by atoms with E-state index in [1.165, 1.54) is 17.4 Å². The average molecular weight is 358 g/mol. The molecule has 0 radical (unpaired) electrons. The van der Waals surface area contributed by atoms with Crippen LogP contribution in [-0.2, 0) is 11.8 Å². The average Bonchev–Trinajstić information content (AvgIpc) is 3.04. The van der Waals surface area contributed by atoms with Gasteiger partial charge in [-0.2, -0.15) is 0 Å². The second-order valence-electron chi connectivity index (χ2n) is 5.25. The second-order valence-corrected chi connectivity index (χ2v) is 6.11. The minimum absolute atomic E-state index is 0.0955. The van der Waals surface area contributed by atoms with Crippen LogP contribution in [0, 0.1) is 0 Å². The highest BCUT2D eigenvalue weighted by molar-refractivity contribution is 7.14. The number of aryl methyl sites for hydroxylation is 1. The summed E-state index contributed by atoms with van der Waals surface area (Å²) in [5.41, 5.74) is 2.16. The number of anilines is 1. The first-order chi connectivity index (χ1) is 11.9. The normalized spacial score (nSPS) is 10.6. The zero-order valence-electron chi connectivity index (χ0n) is 13.1. The predicted octanol–water partition coefficient (Wildman–Crippen LogP) is 1.87. The molecule has 3 N–H and O–H groups in total. The third-order valence-corrected chi connectivity index (χ3v) is 4.33. The molecule has 2 heterocycles. The molecule has 2 amide bonds. The number of aromatic nitrogens is 2. The summed E-state index contributed by atoms with van der Waals surface area (Å²) >= 11 is 1.23. The zero-order valence-corrected chi connectivity index (χ0v) is 14.0. The first-order valence-electron chi connectivity index (χ1n) is 7.26. The Hall–Kier alpha value is -3.20. The van der Waals surface area contributed by atoms with Crippen molar-refractivity contribution < 1.29 is 14.7 Å². The van der Waals surface area contributed by atoms with Crippen LogP contribution in [0.4, 0.5) is 9.93 Å². The molecule has 9 heteroatoms. The Morgan fingerprint density at radius 2 is 2.04 bits per heavy atom. The predicted molar refractivity (Wildman–Crippen MR) is 95.0 cm³/mol. The summed E-state index contributed by atoms with van der Waals surface area (Å²) in [5.74, 6) is -0.496. The van der Waals surface area contributed by atoms with E-state index in [0.717, 1.165) is 16.5 Å². The standard InChI is InChI=1S/C16H14N4O4S/c1-20-12-6-10(3-2-9(12)4-5-14(20)22)11-8-25-15(18-11)19-13(21)7-17-16(23)24/h2-6,8,17H,7H2,1H3,(H,23,24)(H,18,19,21). The van der Waals surface area contributed by atoms with Crippen molar-refractivity contribution in [2.75, 3.05) is 11.9 Å². The molecule has 0 atom stereocenters. The van der Waals surface area contributed by atoms with Gasteiger partial charge >= 0.3 is 6.09 Å². The third-order valence-electron chi connectivity index (χ3n) is 3.57. The number of amides is 2. The van der Waals surface area contributed by atoms with Crippen molar-refractivity contribution >= 4 is 39.4 Å². The van der Waals surface area contributed by atoms with E-state index in [4.69, 9.17) is 5.11 Å². The van der Waals surface area contributed by atoms with Gasteiger partial charge < -0.3 is 20.3 Å². The van der Waals surface area contributed by atoms with E-state index >= 15 is 0 Å². The number of carbonyl (C=O) groups is 2. The highest BCUT2D eigenvalue weighted by atomic mass is 32.1. The van der Waals surface area contributed by atoms with Crippen molar-refractivity contribution in [3.8, 4) is 11.3 Å². The molecule has 0 unspecified atom stereocenters. The van der Waals surface area contributed by atoms with Crippen LogP contribution in [0.3, 0.4) is 0 Å². The zero-order chi connectivity index (χ0) is 18.0. The summed E-state index contributed by atoms with van der Waals surface area (Å²) in [6.45, 7) is -0.345. The topological polar surface area (TPSA) is 113 Å². The molecule has 2 aromatic heterocycles. The smallest absolute Gasteiger partial charge is 0.405 e. The van der Waals surface area contributed by atoms with Gasteiger partial charge in [-0.05, 0) is 17.5 Å². The van der Waals surface area contributed by atoms with E-state index in [1.807, 2.05) is 23.5 Å². The van der Waals surface area contributed by atoms with Crippen molar-refractivity contribution in [1.29, 1.82) is 0 Å². The molecule has 1 aromatic carbocycles. The Kier molecular flexibility index (Phi) is 4.48. The van der Waals surface area contributed by atoms with Crippen LogP contribution in [0.5, 0.6) is 0 Å². The van der Waals surface area contributed by atoms with Gasteiger partial charge in [0.15, 0.2) is 5.13 Å². The molecule has 3 aromatic rings. The number of rotatable bonds is 4. The lowest BCUT2D eigenvalue weighted by Crippen LogP contribution is -2.31. The fraction of sp³-hybridized carbons (Fsp3) is 0.125. The number of thiazole rings is 1. The summed E-state index contributed by atoms with van der Waals surface area (Å²) in [4.78, 5) is 38.1. The van der Waals surface area contributed by atoms with Gasteiger partial charge in [0.2, 0.25) is 5.91 Å². The Morgan fingerprint density at radius 1 is 1.28 bits per heavy atom. The summed E-state index contributed by atoms with van der Waals surface area (Å²) in [6, 6.07) is 8.94. The maximum absolute atomic E-state index is 11.8. The lowest BCUT2D eigenvalue weighted by atomic mass is 10.1. The van der Waals surface area contributed by atoms with Crippen LogP contribution in [0.15, 0.2) is 40.5 Å². The Morgan fingerprint density at radius 3 is 2.80 bits per heavy atom. The summed E-state index contributed by atoms with van der Waals surface area (Å²) < 4.78 is 1.56. The molecular weight excluding hydrogens is 344 g/mol. The van der Waals surface area contributed by atoms with Gasteiger partial charge in [-0.1, -0.05) is 12.1 Å². The molecule has 25 heavy (non-hydrogen) atoms. The summed E-state index contributed by atoms with van der Waals surface area (Å²) in [7, 11) is 1.70. The van der Waals surface area contributed by atoms with Crippen LogP contribution in [0.25, 0.3) is 22.2 Å². The minimum atomic E-state index is -1.27. The van der Waals surface area contributed by atoms with E-state index in [9.17, 15) is 14.4 Å². The van der Waals surface area contributed by atoms with Gasteiger partial charge in [0, 0.05) is 24.1 Å². The maximum Gasteiger partial charge on any atom is 0.405 e. The fourth-order valence-corrected chi connectivity index (χ4v) is 3.04. The number of hydrogen-bond donors (Lipinski definition) is 3. The molecule has 0 fully saturated rings. The monoisotopic (exact) mass is 358 g/mol. The first-order valence-corrected chi connectivity index (χ1v) is 8.14. The van der Waals surface area contributed by atoms with Crippen LogP contribution in [-0.4, -0.2) is 33.2 Å². The largest absolute Gasteiger partial charge is 0.465 e. The van der Waals surface area contributed by atoms with Crippen molar-refractivity contribution in [3.63, 3.8) is 0 Å². The molecule has 8 nitrogen and oxygen atoms in total. The molecule has 128 valence electrons. The SMILES string of the molecule is Cn1c(=O)ccc2ccc(-c3csc(NC(=O)CNC(=O)O)n3)cc21. The number of carboxylic acid groups (broad SMARTS) is 1. The van der Waals surface area contributed by atoms with Gasteiger partial charge in [-0.25, -0.2) is 9.78 Å². The number of carbonyl (C=O) groups excluding carboxylic acids is 1. The number of nitrogens with one attached hydrogen (secondary N) is 2. The van der Waals surface area contributed by atoms with Crippen LogP contribution < -0.4 is 16.2 Å². The van der Waals surface area contributed by atoms with E-state index in [2.05, 4.69) is 10.3 Å². The number of fused-ring (bicyclic) bond motifs is 1. The fourth-order valence-electron chi connectivity index (χ4n) is 2.31. The van der Waals surface area contributed by atoms with Crippen molar-refractivity contribution in [3.05, 3.63) is 46.1 Å². The molecule has 0 bridgehead atoms. The van der Waals surface area contributed by atoms with Gasteiger partial charge in [0.25, 0.3) is 5.56 Å². The van der Waals surface area contributed by atoms with Crippen molar-refractivity contribution in [1.82, 2.24) is 14.9 Å². The molecule has 0 aliphatic carbocycles. The molecule has 3 rings (SSSR count). The van der Waals surface area contributed by atoms with E-state index < -0.39 is 12.0 Å². The van der Waals surface area contributed by atoms with Gasteiger partial charge in [0.1, 0.15) is 6.54 Å². The quantitative estimate of drug-likeness (QED) is 0.659. The number of benzene rings is 1. The number of pyridine rings is 1. The minimum Gasteiger partial charge on any atom is -0.465 e.